The van der Waals surface area contributed by atoms with E-state index in [1.807, 2.05) is 0 Å². The summed E-state index contributed by atoms with van der Waals surface area (Å²) < 4.78 is 1.09. The second kappa shape index (κ2) is 2.43. The van der Waals surface area contributed by atoms with Gasteiger partial charge in [-0.2, -0.15) is 0 Å². The first-order chi connectivity index (χ1) is 4.74. The summed E-state index contributed by atoms with van der Waals surface area (Å²) in [7, 11) is 1.74. The Bertz CT molecular complexity index is 242. The zero-order valence-electron chi connectivity index (χ0n) is 5.53. The van der Waals surface area contributed by atoms with Gasteiger partial charge in [0.25, 0.3) is 0 Å². The van der Waals surface area contributed by atoms with Gasteiger partial charge in [-0.25, -0.2) is 4.79 Å². The molecule has 0 unspecified atom stereocenters. The fraction of sp³-hybridized carbons (Fsp3) is 0.167. The molecule has 0 saturated heterocycles. The molecule has 1 aromatic heterocycles. The van der Waals surface area contributed by atoms with Gasteiger partial charge in [0, 0.05) is 19.4 Å². The van der Waals surface area contributed by atoms with Crippen molar-refractivity contribution in [3.05, 3.63) is 18.5 Å². The van der Waals surface area contributed by atoms with Crippen LogP contribution in [0.25, 0.3) is 0 Å². The summed E-state index contributed by atoms with van der Waals surface area (Å²) in [6.07, 6.45) is 2.01. The lowest BCUT2D eigenvalue weighted by Crippen LogP contribution is -2.03. The molecule has 0 aliphatic carbocycles. The third-order valence-corrected chi connectivity index (χ3v) is 1.20. The molecule has 0 amide bonds. The molecule has 2 N–H and O–H groups in total. The molecule has 4 heteroatoms. The normalized spacial score (nSPS) is 9.30. The zero-order valence-corrected chi connectivity index (χ0v) is 5.53. The second-order valence-corrected chi connectivity index (χ2v) is 1.84. The first-order valence-corrected chi connectivity index (χ1v) is 2.83. The highest BCUT2D eigenvalue weighted by atomic mass is 16.4. The molecule has 0 aromatic carbocycles. The van der Waals surface area contributed by atoms with Gasteiger partial charge in [0.15, 0.2) is 0 Å². The number of hydrogen-bond acceptors (Lipinski definition) is 2. The monoisotopic (exact) mass is 140 g/mol. The minimum absolute atomic E-state index is 0.794. The van der Waals surface area contributed by atoms with Gasteiger partial charge in [-0.3, -0.25) is 4.57 Å². The fourth-order valence-electron chi connectivity index (χ4n) is 0.663. The number of carbonyl (C=O) groups is 1. The number of nitrogens with one attached hydrogen (secondary N) is 1. The van der Waals surface area contributed by atoms with Gasteiger partial charge >= 0.3 is 6.09 Å². The number of anilines is 1. The average molecular weight is 140 g/mol. The Morgan fingerprint density at radius 1 is 1.80 bits per heavy atom. The number of nitrogens with zero attached hydrogens (tertiary/aromatic N) is 1. The van der Waals surface area contributed by atoms with Crippen LogP contribution in [-0.2, 0) is 0 Å². The molecule has 0 aliphatic heterocycles. The molecule has 0 bridgehead atoms. The topological polar surface area (TPSA) is 54.3 Å². The molecule has 54 valence electrons. The van der Waals surface area contributed by atoms with Crippen LogP contribution in [0, 0.1) is 0 Å². The molecule has 4 nitrogen and oxygen atoms in total. The molecule has 10 heavy (non-hydrogen) atoms. The Balaban J connectivity index is 2.88. The van der Waals surface area contributed by atoms with Crippen LogP contribution < -0.4 is 5.32 Å². The van der Waals surface area contributed by atoms with Crippen LogP contribution in [0.1, 0.15) is 0 Å². The van der Waals surface area contributed by atoms with Crippen molar-refractivity contribution < 1.29 is 9.90 Å². The van der Waals surface area contributed by atoms with Gasteiger partial charge in [0.1, 0.15) is 0 Å². The summed E-state index contributed by atoms with van der Waals surface area (Å²) >= 11 is 0. The maximum absolute atomic E-state index is 10.3. The number of hydrogen-bond donors (Lipinski definition) is 2. The Morgan fingerprint density at radius 2 is 2.50 bits per heavy atom. The highest BCUT2D eigenvalue weighted by Gasteiger charge is 1.98. The maximum atomic E-state index is 10.3. The largest absolute Gasteiger partial charge is 0.464 e. The third kappa shape index (κ3) is 1.10. The van der Waals surface area contributed by atoms with Crippen molar-refractivity contribution in [1.82, 2.24) is 4.57 Å². The van der Waals surface area contributed by atoms with Crippen molar-refractivity contribution in [3.63, 3.8) is 0 Å². The van der Waals surface area contributed by atoms with E-state index >= 15 is 0 Å². The molecule has 0 aliphatic rings. The molecule has 0 fully saturated rings. The number of aromatic nitrogens is 1. The predicted octanol–water partition coefficient (Wildman–Crippen LogP) is 1.06. The molecular weight excluding hydrogens is 132 g/mol. The van der Waals surface area contributed by atoms with Crippen LogP contribution in [0.15, 0.2) is 18.5 Å². The Labute approximate surface area is 58.1 Å². The molecular formula is C6H8N2O2. The van der Waals surface area contributed by atoms with E-state index in [1.165, 1.54) is 12.4 Å². The minimum atomic E-state index is -0.971. The lowest BCUT2D eigenvalue weighted by Gasteiger charge is -1.91. The van der Waals surface area contributed by atoms with Crippen molar-refractivity contribution in [2.24, 2.45) is 0 Å². The minimum Gasteiger partial charge on any atom is -0.464 e. The van der Waals surface area contributed by atoms with E-state index in [0.717, 1.165) is 10.3 Å². The van der Waals surface area contributed by atoms with Gasteiger partial charge in [0.05, 0.1) is 5.69 Å². The van der Waals surface area contributed by atoms with Crippen molar-refractivity contribution in [3.8, 4) is 0 Å². The molecule has 1 heterocycles. The van der Waals surface area contributed by atoms with E-state index in [2.05, 4.69) is 5.32 Å². The molecule has 0 spiro atoms. The van der Waals surface area contributed by atoms with E-state index < -0.39 is 6.09 Å². The summed E-state index contributed by atoms with van der Waals surface area (Å²) in [5.74, 6) is 0. The van der Waals surface area contributed by atoms with Crippen LogP contribution in [-0.4, -0.2) is 22.8 Å². The molecule has 0 saturated carbocycles. The molecule has 1 aromatic rings. The predicted molar refractivity (Wildman–Crippen MR) is 37.4 cm³/mol. The van der Waals surface area contributed by atoms with Crippen LogP contribution in [0.5, 0.6) is 0 Å². The summed E-state index contributed by atoms with van der Waals surface area (Å²) in [5, 5.41) is 11.2. The van der Waals surface area contributed by atoms with E-state index in [4.69, 9.17) is 5.11 Å². The fourth-order valence-corrected chi connectivity index (χ4v) is 0.663. The van der Waals surface area contributed by atoms with Crippen molar-refractivity contribution in [1.29, 1.82) is 0 Å². The SMILES string of the molecule is CNc1ccn(C(=O)O)c1. The van der Waals surface area contributed by atoms with Crippen LogP contribution in [0.2, 0.25) is 0 Å². The van der Waals surface area contributed by atoms with Gasteiger partial charge in [-0.15, -0.1) is 0 Å². The van der Waals surface area contributed by atoms with Crippen LogP contribution in [0.4, 0.5) is 10.5 Å². The Kier molecular flexibility index (Phi) is 1.62. The first-order valence-electron chi connectivity index (χ1n) is 2.83. The second-order valence-electron chi connectivity index (χ2n) is 1.84. The van der Waals surface area contributed by atoms with Crippen molar-refractivity contribution >= 4 is 11.8 Å². The molecule has 1 rings (SSSR count). The quantitative estimate of drug-likeness (QED) is 0.613. The molecule has 0 radical (unpaired) electrons. The van der Waals surface area contributed by atoms with E-state index in [1.54, 1.807) is 13.1 Å². The highest BCUT2D eigenvalue weighted by molar-refractivity contribution is 5.69. The average Bonchev–Trinajstić information content (AvgIpc) is 2.34. The van der Waals surface area contributed by atoms with Crippen molar-refractivity contribution in [2.45, 2.75) is 0 Å². The Hall–Kier alpha value is -1.45. The Morgan fingerprint density at radius 3 is 2.80 bits per heavy atom. The van der Waals surface area contributed by atoms with Gasteiger partial charge < -0.3 is 10.4 Å². The van der Waals surface area contributed by atoms with Gasteiger partial charge in [-0.1, -0.05) is 0 Å². The summed E-state index contributed by atoms with van der Waals surface area (Å²) in [6.45, 7) is 0. The van der Waals surface area contributed by atoms with Crippen molar-refractivity contribution in [2.75, 3.05) is 12.4 Å². The summed E-state index contributed by atoms with van der Waals surface area (Å²) in [6, 6.07) is 1.69. The first kappa shape index (κ1) is 6.67. The lowest BCUT2D eigenvalue weighted by molar-refractivity contribution is 0.196. The van der Waals surface area contributed by atoms with Crippen LogP contribution in [0.3, 0.4) is 0 Å². The standard InChI is InChI=1S/C6H8N2O2/c1-7-5-2-3-8(4-5)6(9)10/h2-4,7H,1H3,(H,9,10). The third-order valence-electron chi connectivity index (χ3n) is 1.20. The van der Waals surface area contributed by atoms with Gasteiger partial charge in [-0.05, 0) is 6.07 Å². The van der Waals surface area contributed by atoms with E-state index in [0.29, 0.717) is 0 Å². The highest BCUT2D eigenvalue weighted by Crippen LogP contribution is 2.05. The summed E-state index contributed by atoms with van der Waals surface area (Å²) in [5.41, 5.74) is 0.794. The number of rotatable bonds is 1. The van der Waals surface area contributed by atoms with Gasteiger partial charge in [0.2, 0.25) is 0 Å². The summed E-state index contributed by atoms with van der Waals surface area (Å²) in [4.78, 5) is 10.3. The van der Waals surface area contributed by atoms with Crippen LogP contribution >= 0.6 is 0 Å². The lowest BCUT2D eigenvalue weighted by atomic mass is 10.5. The smallest absolute Gasteiger partial charge is 0.415 e. The number of carboxylic acid groups (broad SMARTS) is 1. The van der Waals surface area contributed by atoms with E-state index in [-0.39, 0.29) is 0 Å². The molecule has 0 atom stereocenters. The maximum Gasteiger partial charge on any atom is 0.415 e. The van der Waals surface area contributed by atoms with E-state index in [9.17, 15) is 4.79 Å². The zero-order chi connectivity index (χ0) is 7.56.